The second-order valence-corrected chi connectivity index (χ2v) is 19.4. The largest absolute Gasteiger partial charge is 0.462 e. The Bertz CT molecular complexity index is 2950. The summed E-state index contributed by atoms with van der Waals surface area (Å²) >= 11 is 2.56. The van der Waals surface area contributed by atoms with E-state index >= 15 is 0 Å². The molecule has 3 N–H and O–H groups in total. The topological polar surface area (TPSA) is 193 Å². The molecule has 9 heterocycles. The summed E-state index contributed by atoms with van der Waals surface area (Å²) in [6, 6.07) is 3.88. The minimum atomic E-state index is -3.66. The number of rotatable bonds is 14. The van der Waals surface area contributed by atoms with Gasteiger partial charge in [-0.25, -0.2) is 33.1 Å². The molecule has 1 saturated heterocycles. The van der Waals surface area contributed by atoms with E-state index in [1.165, 1.54) is 22.7 Å². The molecule has 8 aromatic heterocycles. The fourth-order valence-electron chi connectivity index (χ4n) is 7.57. The van der Waals surface area contributed by atoms with Crippen LogP contribution in [0.25, 0.3) is 33.8 Å². The molecule has 1 aliphatic rings. The molecule has 9 rings (SSSR count). The summed E-state index contributed by atoms with van der Waals surface area (Å²) < 4.78 is 41.0. The van der Waals surface area contributed by atoms with Crippen molar-refractivity contribution in [1.29, 1.82) is 0 Å². The van der Waals surface area contributed by atoms with E-state index in [1.807, 2.05) is 66.6 Å². The van der Waals surface area contributed by atoms with E-state index in [4.69, 9.17) is 9.72 Å². The lowest BCUT2D eigenvalue weighted by Crippen LogP contribution is -2.27. The number of aromatic nitrogens is 10. The van der Waals surface area contributed by atoms with E-state index in [1.54, 1.807) is 53.5 Å². The van der Waals surface area contributed by atoms with Crippen LogP contribution >= 0.6 is 22.7 Å². The number of nitrogens with zero attached hydrogens (tertiary/aromatic N) is 10. The van der Waals surface area contributed by atoms with Crippen LogP contribution in [-0.2, 0) is 28.2 Å². The van der Waals surface area contributed by atoms with Crippen LogP contribution in [0.1, 0.15) is 59.8 Å². The molecule has 0 saturated carbocycles. The van der Waals surface area contributed by atoms with Gasteiger partial charge < -0.3 is 20.7 Å². The first-order chi connectivity index (χ1) is 29.1. The molecule has 0 spiro atoms. The van der Waals surface area contributed by atoms with Crippen molar-refractivity contribution >= 4 is 71.4 Å². The molecule has 1 unspecified atom stereocenters. The maximum atomic E-state index is 13.9. The highest BCUT2D eigenvalue weighted by Gasteiger charge is 2.29. The van der Waals surface area contributed by atoms with Crippen LogP contribution in [0.5, 0.6) is 0 Å². The average molecular weight is 866 g/mol. The van der Waals surface area contributed by atoms with Crippen LogP contribution < -0.4 is 16.0 Å². The molecule has 1 atom stereocenters. The third-order valence-corrected chi connectivity index (χ3v) is 15.8. The molecule has 310 valence electrons. The number of hydrogen-bond acceptors (Lipinski definition) is 15. The summed E-state index contributed by atoms with van der Waals surface area (Å²) in [5.74, 6) is 1.04. The third-order valence-electron chi connectivity index (χ3n) is 10.7. The number of piperidine rings is 1. The predicted molar refractivity (Wildman–Crippen MR) is 231 cm³/mol. The van der Waals surface area contributed by atoms with Crippen LogP contribution in [0.15, 0.2) is 78.3 Å². The van der Waals surface area contributed by atoms with Crippen LogP contribution in [0.3, 0.4) is 0 Å². The van der Waals surface area contributed by atoms with E-state index in [0.717, 1.165) is 59.0 Å². The van der Waals surface area contributed by atoms with Gasteiger partial charge >= 0.3 is 5.97 Å². The SMILES string of the molecule is CCOC(=O)c1sc(Nc2nccn3c(-c4cnn(CCC(C)S(=O)(=O)c5sc(Nc6nccn7c(-c8cnn(C)c8)cnc67)cc5C)c4)cnc23)cc1C1CCNCC1. The standard InChI is InChI=1S/C40H43N13O4S3/c1-5-57-39(54)34-29(26-6-9-41-10-7-26)17-33(58-34)49-36-38-45-21-31(53(38)15-12-43-36)28-19-47-51(23-28)13-8-25(3)60(55,56)40-24(2)16-32(59-40)48-35-37-44-20-30(52(37)14-11-42-35)27-18-46-50(4)22-27/h11-12,14-23,25-26,41H,5-10,13H2,1-4H3,(H,42,48)(H,43,49). The van der Waals surface area contributed by atoms with Crippen molar-refractivity contribution in [2.45, 2.75) is 62.0 Å². The highest BCUT2D eigenvalue weighted by atomic mass is 32.2. The van der Waals surface area contributed by atoms with Crippen molar-refractivity contribution in [3.05, 3.63) is 90.1 Å². The monoisotopic (exact) mass is 865 g/mol. The van der Waals surface area contributed by atoms with Crippen LogP contribution in [-0.4, -0.2) is 87.6 Å². The molecule has 0 amide bonds. The highest BCUT2D eigenvalue weighted by Crippen LogP contribution is 2.39. The Balaban J connectivity index is 0.876. The lowest BCUT2D eigenvalue weighted by Gasteiger charge is -2.22. The lowest BCUT2D eigenvalue weighted by molar-refractivity contribution is 0.0530. The van der Waals surface area contributed by atoms with Gasteiger partial charge in [0.1, 0.15) is 9.09 Å². The highest BCUT2D eigenvalue weighted by molar-refractivity contribution is 7.94. The van der Waals surface area contributed by atoms with Gasteiger partial charge in [-0.1, -0.05) is 0 Å². The second kappa shape index (κ2) is 16.2. The maximum absolute atomic E-state index is 13.9. The quantitative estimate of drug-likeness (QED) is 0.0963. The molecule has 0 bridgehead atoms. The smallest absolute Gasteiger partial charge is 0.348 e. The first kappa shape index (κ1) is 39.5. The van der Waals surface area contributed by atoms with Gasteiger partial charge in [0.25, 0.3) is 0 Å². The van der Waals surface area contributed by atoms with Gasteiger partial charge in [0.15, 0.2) is 32.8 Å². The zero-order chi connectivity index (χ0) is 41.5. The second-order valence-electron chi connectivity index (χ2n) is 14.7. The summed E-state index contributed by atoms with van der Waals surface area (Å²) in [5.41, 5.74) is 6.31. The van der Waals surface area contributed by atoms with Gasteiger partial charge in [0.2, 0.25) is 0 Å². The van der Waals surface area contributed by atoms with E-state index < -0.39 is 15.1 Å². The zero-order valence-corrected chi connectivity index (χ0v) is 35.8. The van der Waals surface area contributed by atoms with Crippen molar-refractivity contribution in [3.8, 4) is 22.5 Å². The van der Waals surface area contributed by atoms with Crippen molar-refractivity contribution in [1.82, 2.24) is 53.6 Å². The summed E-state index contributed by atoms with van der Waals surface area (Å²) in [4.78, 5) is 32.0. The number of carbonyl (C=O) groups excluding carboxylic acids is 1. The van der Waals surface area contributed by atoms with Gasteiger partial charge in [-0.3, -0.25) is 18.2 Å². The summed E-state index contributed by atoms with van der Waals surface area (Å²) in [6.45, 7) is 7.89. The van der Waals surface area contributed by atoms with Crippen molar-refractivity contribution in [2.24, 2.45) is 7.05 Å². The van der Waals surface area contributed by atoms with Crippen molar-refractivity contribution < 1.29 is 17.9 Å². The number of thiophene rings is 2. The Labute approximate surface area is 353 Å². The number of carbonyl (C=O) groups is 1. The number of imidazole rings is 2. The fraction of sp³-hybridized carbons (Fsp3) is 0.325. The number of ether oxygens (including phenoxy) is 1. The molecule has 60 heavy (non-hydrogen) atoms. The van der Waals surface area contributed by atoms with Gasteiger partial charge in [0.05, 0.1) is 58.0 Å². The number of nitrogens with one attached hydrogen (secondary N) is 3. The predicted octanol–water partition coefficient (Wildman–Crippen LogP) is 6.85. The average Bonchev–Trinajstić information content (AvgIpc) is 4.10. The minimum Gasteiger partial charge on any atom is -0.462 e. The number of sulfone groups is 1. The Morgan fingerprint density at radius 1 is 0.900 bits per heavy atom. The lowest BCUT2D eigenvalue weighted by atomic mass is 9.90. The molecule has 0 aromatic carbocycles. The number of fused-ring (bicyclic) bond motifs is 2. The first-order valence-corrected chi connectivity index (χ1v) is 22.8. The van der Waals surface area contributed by atoms with Crippen LogP contribution in [0.2, 0.25) is 0 Å². The molecule has 0 aliphatic carbocycles. The summed E-state index contributed by atoms with van der Waals surface area (Å²) in [5, 5.41) is 19.7. The van der Waals surface area contributed by atoms with E-state index in [0.29, 0.717) is 62.2 Å². The molecule has 20 heteroatoms. The Morgan fingerprint density at radius 3 is 2.17 bits per heavy atom. The summed E-state index contributed by atoms with van der Waals surface area (Å²) in [6.07, 6.45) is 20.2. The fourth-order valence-corrected chi connectivity index (χ4v) is 11.9. The number of anilines is 4. The van der Waals surface area contributed by atoms with E-state index in [9.17, 15) is 13.2 Å². The van der Waals surface area contributed by atoms with Gasteiger partial charge in [-0.15, -0.1) is 22.7 Å². The van der Waals surface area contributed by atoms with E-state index in [-0.39, 0.29) is 11.9 Å². The number of hydrogen-bond donors (Lipinski definition) is 3. The molecular formula is C40H43N13O4S3. The van der Waals surface area contributed by atoms with Crippen LogP contribution in [0.4, 0.5) is 21.6 Å². The maximum Gasteiger partial charge on any atom is 0.348 e. The molecule has 1 fully saturated rings. The first-order valence-electron chi connectivity index (χ1n) is 19.6. The molecule has 0 radical (unpaired) electrons. The summed E-state index contributed by atoms with van der Waals surface area (Å²) in [7, 11) is -1.80. The molecule has 17 nitrogen and oxygen atoms in total. The third kappa shape index (κ3) is 7.55. The number of esters is 1. The van der Waals surface area contributed by atoms with Crippen molar-refractivity contribution in [3.63, 3.8) is 0 Å². The Hall–Kier alpha value is -5.96. The van der Waals surface area contributed by atoms with E-state index in [2.05, 4.69) is 41.1 Å². The zero-order valence-electron chi connectivity index (χ0n) is 33.4. The minimum absolute atomic E-state index is 0.273. The van der Waals surface area contributed by atoms with Crippen molar-refractivity contribution in [2.75, 3.05) is 30.3 Å². The molecule has 8 aromatic rings. The van der Waals surface area contributed by atoms with Gasteiger partial charge in [-0.05, 0) is 82.3 Å². The molecule has 1 aliphatic heterocycles. The Morgan fingerprint density at radius 2 is 1.53 bits per heavy atom. The number of aryl methyl sites for hydroxylation is 3. The normalized spacial score (nSPS) is 14.3. The van der Waals surface area contributed by atoms with Gasteiger partial charge in [-0.2, -0.15) is 10.2 Å². The Kier molecular flexibility index (Phi) is 10.7. The molecular weight excluding hydrogens is 823 g/mol. The van der Waals surface area contributed by atoms with Gasteiger partial charge in [0, 0.05) is 61.9 Å². The van der Waals surface area contributed by atoms with Crippen LogP contribution in [0, 0.1) is 6.92 Å².